The molecule has 0 unspecified atom stereocenters. The minimum atomic E-state index is -0.184. The number of nitrogens with one attached hydrogen (secondary N) is 1. The molecule has 4 heterocycles. The van der Waals surface area contributed by atoms with Gasteiger partial charge in [-0.2, -0.15) is 10.1 Å². The zero-order valence-electron chi connectivity index (χ0n) is 15.8. The molecular formula is C19H19N7O2. The number of nitrogens with zero attached hydrogens (tertiary/aromatic N) is 6. The molecule has 0 bridgehead atoms. The van der Waals surface area contributed by atoms with E-state index in [0.717, 1.165) is 16.8 Å². The van der Waals surface area contributed by atoms with Gasteiger partial charge in [-0.1, -0.05) is 11.2 Å². The first-order chi connectivity index (χ1) is 13.5. The van der Waals surface area contributed by atoms with Crippen LogP contribution in [0.15, 0.2) is 35.0 Å². The molecule has 1 N–H and O–H groups in total. The Labute approximate surface area is 160 Å². The SMILES string of the molecule is Cc1cc(C(=O)NCCc2nc(-c3ccccn3)no2)c2c(C)nn(C)c2n1. The maximum atomic E-state index is 12.7. The molecular weight excluding hydrogens is 358 g/mol. The van der Waals surface area contributed by atoms with E-state index in [4.69, 9.17) is 4.52 Å². The van der Waals surface area contributed by atoms with E-state index >= 15 is 0 Å². The third kappa shape index (κ3) is 3.34. The van der Waals surface area contributed by atoms with E-state index in [0.29, 0.717) is 41.6 Å². The van der Waals surface area contributed by atoms with Gasteiger partial charge in [0.1, 0.15) is 5.69 Å². The van der Waals surface area contributed by atoms with E-state index < -0.39 is 0 Å². The number of rotatable bonds is 5. The summed E-state index contributed by atoms with van der Waals surface area (Å²) in [5, 5.41) is 12.0. The van der Waals surface area contributed by atoms with Crippen molar-refractivity contribution < 1.29 is 9.32 Å². The van der Waals surface area contributed by atoms with Crippen molar-refractivity contribution in [2.24, 2.45) is 7.05 Å². The molecule has 0 aliphatic heterocycles. The fraction of sp³-hybridized carbons (Fsp3) is 0.263. The molecule has 4 rings (SSSR count). The van der Waals surface area contributed by atoms with Gasteiger partial charge in [0.2, 0.25) is 11.7 Å². The van der Waals surface area contributed by atoms with Crippen molar-refractivity contribution in [2.45, 2.75) is 20.3 Å². The molecule has 0 saturated carbocycles. The standard InChI is InChI=1S/C19H19N7O2/c1-11-10-13(16-12(2)24-26(3)18(16)22-11)19(27)21-9-7-15-23-17(25-28-15)14-6-4-5-8-20-14/h4-6,8,10H,7,9H2,1-3H3,(H,21,27). The first-order valence-corrected chi connectivity index (χ1v) is 8.86. The highest BCUT2D eigenvalue weighted by Gasteiger charge is 2.18. The molecule has 0 aromatic carbocycles. The Hall–Kier alpha value is -3.62. The van der Waals surface area contributed by atoms with Crippen LogP contribution in [-0.4, -0.2) is 42.3 Å². The number of carbonyl (C=O) groups excluding carboxylic acids is 1. The Kier molecular flexibility index (Phi) is 4.56. The topological polar surface area (TPSA) is 112 Å². The van der Waals surface area contributed by atoms with Crippen LogP contribution in [0.25, 0.3) is 22.6 Å². The summed E-state index contributed by atoms with van der Waals surface area (Å²) < 4.78 is 6.93. The molecule has 28 heavy (non-hydrogen) atoms. The van der Waals surface area contributed by atoms with E-state index in [9.17, 15) is 4.79 Å². The van der Waals surface area contributed by atoms with E-state index in [1.807, 2.05) is 39.1 Å². The molecule has 0 fully saturated rings. The van der Waals surface area contributed by atoms with Crippen molar-refractivity contribution in [3.05, 3.63) is 53.3 Å². The number of fused-ring (bicyclic) bond motifs is 1. The molecule has 4 aromatic rings. The first kappa shape index (κ1) is 17.8. The minimum absolute atomic E-state index is 0.184. The van der Waals surface area contributed by atoms with Crippen molar-refractivity contribution in [3.63, 3.8) is 0 Å². The van der Waals surface area contributed by atoms with Crippen LogP contribution < -0.4 is 5.32 Å². The van der Waals surface area contributed by atoms with Crippen LogP contribution in [0.1, 0.15) is 27.6 Å². The Morgan fingerprint density at radius 2 is 2.11 bits per heavy atom. The van der Waals surface area contributed by atoms with Crippen LogP contribution in [0, 0.1) is 13.8 Å². The maximum absolute atomic E-state index is 12.7. The van der Waals surface area contributed by atoms with Gasteiger partial charge >= 0.3 is 0 Å². The molecule has 9 heteroatoms. The number of carbonyl (C=O) groups is 1. The summed E-state index contributed by atoms with van der Waals surface area (Å²) in [6.07, 6.45) is 2.09. The summed E-state index contributed by atoms with van der Waals surface area (Å²) in [4.78, 5) is 25.7. The molecule has 4 aromatic heterocycles. The fourth-order valence-electron chi connectivity index (χ4n) is 3.08. The third-order valence-corrected chi connectivity index (χ3v) is 4.33. The average Bonchev–Trinajstić information content (AvgIpc) is 3.27. The monoisotopic (exact) mass is 377 g/mol. The van der Waals surface area contributed by atoms with Crippen LogP contribution >= 0.6 is 0 Å². The van der Waals surface area contributed by atoms with Gasteiger partial charge in [0.05, 0.1) is 16.6 Å². The molecule has 1 amide bonds. The van der Waals surface area contributed by atoms with Crippen LogP contribution in [0.2, 0.25) is 0 Å². The molecule has 0 aliphatic rings. The number of pyridine rings is 2. The first-order valence-electron chi connectivity index (χ1n) is 8.86. The largest absolute Gasteiger partial charge is 0.351 e. The Morgan fingerprint density at radius 3 is 2.89 bits per heavy atom. The van der Waals surface area contributed by atoms with Crippen molar-refractivity contribution >= 4 is 16.9 Å². The Balaban J connectivity index is 1.46. The summed E-state index contributed by atoms with van der Waals surface area (Å²) in [6.45, 7) is 4.09. The van der Waals surface area contributed by atoms with Crippen LogP contribution in [0.5, 0.6) is 0 Å². The summed E-state index contributed by atoms with van der Waals surface area (Å²) in [7, 11) is 1.82. The lowest BCUT2D eigenvalue weighted by Crippen LogP contribution is -2.26. The highest BCUT2D eigenvalue weighted by atomic mass is 16.5. The molecule has 9 nitrogen and oxygen atoms in total. The van der Waals surface area contributed by atoms with Crippen molar-refractivity contribution in [1.29, 1.82) is 0 Å². The molecule has 142 valence electrons. The summed E-state index contributed by atoms with van der Waals surface area (Å²) in [5.74, 6) is 0.685. The quantitative estimate of drug-likeness (QED) is 0.566. The predicted octanol–water partition coefficient (Wildman–Crippen LogP) is 2.00. The maximum Gasteiger partial charge on any atom is 0.252 e. The van der Waals surface area contributed by atoms with Gasteiger partial charge in [-0.25, -0.2) is 4.98 Å². The van der Waals surface area contributed by atoms with E-state index in [1.165, 1.54) is 0 Å². The highest BCUT2D eigenvalue weighted by molar-refractivity contribution is 6.06. The van der Waals surface area contributed by atoms with Crippen molar-refractivity contribution in [2.75, 3.05) is 6.54 Å². The summed E-state index contributed by atoms with van der Waals surface area (Å²) in [5.41, 5.74) is 3.43. The number of hydrogen-bond acceptors (Lipinski definition) is 7. The number of aryl methyl sites for hydroxylation is 3. The highest BCUT2D eigenvalue weighted by Crippen LogP contribution is 2.21. The van der Waals surface area contributed by atoms with Crippen LogP contribution in [0.4, 0.5) is 0 Å². The average molecular weight is 377 g/mol. The summed E-state index contributed by atoms with van der Waals surface area (Å²) >= 11 is 0. The third-order valence-electron chi connectivity index (χ3n) is 4.33. The number of amides is 1. The second-order valence-electron chi connectivity index (χ2n) is 6.45. The van der Waals surface area contributed by atoms with Crippen molar-refractivity contribution in [3.8, 4) is 11.5 Å². The number of aromatic nitrogens is 6. The molecule has 0 saturated heterocycles. The molecule has 0 spiro atoms. The molecule has 0 atom stereocenters. The van der Waals surface area contributed by atoms with Crippen LogP contribution in [-0.2, 0) is 13.5 Å². The lowest BCUT2D eigenvalue weighted by molar-refractivity contribution is 0.0955. The summed E-state index contributed by atoms with van der Waals surface area (Å²) in [6, 6.07) is 7.26. The van der Waals surface area contributed by atoms with Gasteiger partial charge in [-0.3, -0.25) is 14.5 Å². The van der Waals surface area contributed by atoms with E-state index in [-0.39, 0.29) is 5.91 Å². The van der Waals surface area contributed by atoms with Crippen LogP contribution in [0.3, 0.4) is 0 Å². The fourth-order valence-corrected chi connectivity index (χ4v) is 3.08. The zero-order chi connectivity index (χ0) is 19.7. The smallest absolute Gasteiger partial charge is 0.252 e. The predicted molar refractivity (Wildman–Crippen MR) is 102 cm³/mol. The molecule has 0 aliphatic carbocycles. The lowest BCUT2D eigenvalue weighted by atomic mass is 10.1. The second-order valence-corrected chi connectivity index (χ2v) is 6.45. The normalized spacial score (nSPS) is 11.1. The van der Waals surface area contributed by atoms with Gasteiger partial charge in [0, 0.05) is 31.9 Å². The van der Waals surface area contributed by atoms with Gasteiger partial charge in [-0.05, 0) is 32.0 Å². The van der Waals surface area contributed by atoms with Gasteiger partial charge in [0.15, 0.2) is 5.65 Å². The van der Waals surface area contributed by atoms with E-state index in [2.05, 4.69) is 30.5 Å². The lowest BCUT2D eigenvalue weighted by Gasteiger charge is -2.07. The minimum Gasteiger partial charge on any atom is -0.351 e. The Bertz CT molecular complexity index is 1150. The van der Waals surface area contributed by atoms with E-state index in [1.54, 1.807) is 16.9 Å². The van der Waals surface area contributed by atoms with Gasteiger partial charge < -0.3 is 9.84 Å². The van der Waals surface area contributed by atoms with Crippen molar-refractivity contribution in [1.82, 2.24) is 35.2 Å². The zero-order valence-corrected chi connectivity index (χ0v) is 15.8. The number of hydrogen-bond donors (Lipinski definition) is 1. The Morgan fingerprint density at radius 1 is 1.25 bits per heavy atom. The van der Waals surface area contributed by atoms with Gasteiger partial charge in [-0.15, -0.1) is 0 Å². The van der Waals surface area contributed by atoms with Gasteiger partial charge in [0.25, 0.3) is 5.91 Å². The molecule has 0 radical (unpaired) electrons. The second kappa shape index (κ2) is 7.18.